The molecule has 2 N–H and O–H groups in total. The lowest BCUT2D eigenvalue weighted by atomic mass is 10.3. The number of hydrogen-bond donors (Lipinski definition) is 2. The van der Waals surface area contributed by atoms with E-state index in [2.05, 4.69) is 31.0 Å². The molecule has 0 atom stereocenters. The van der Waals surface area contributed by atoms with Gasteiger partial charge in [-0.3, -0.25) is 19.6 Å². The molecule has 0 fully saturated rings. The van der Waals surface area contributed by atoms with Crippen molar-refractivity contribution in [3.8, 4) is 0 Å². The van der Waals surface area contributed by atoms with Crippen LogP contribution in [0.2, 0.25) is 0 Å². The van der Waals surface area contributed by atoms with Gasteiger partial charge in [-0.25, -0.2) is 10.9 Å². The zero-order chi connectivity index (χ0) is 17.4. The van der Waals surface area contributed by atoms with E-state index in [0.717, 1.165) is 0 Å². The van der Waals surface area contributed by atoms with Crippen LogP contribution in [0.4, 0.5) is 0 Å². The van der Waals surface area contributed by atoms with Crippen molar-refractivity contribution < 1.29 is 9.59 Å². The summed E-state index contributed by atoms with van der Waals surface area (Å²) in [6, 6.07) is 6.57. The number of carbonyl (C=O) groups excluding carboxylic acids is 2. The van der Waals surface area contributed by atoms with Gasteiger partial charge in [0.25, 0.3) is 11.8 Å². The van der Waals surface area contributed by atoms with E-state index in [1.807, 2.05) is 0 Å². The number of nitrogens with zero attached hydrogens (tertiary/aromatic N) is 4. The molecule has 0 saturated carbocycles. The van der Waals surface area contributed by atoms with Gasteiger partial charge in [0.2, 0.25) is 0 Å². The van der Waals surface area contributed by atoms with E-state index in [4.69, 9.17) is 0 Å². The molecule has 2 aromatic heterocycles. The first-order chi connectivity index (χ1) is 11.6. The Morgan fingerprint density at radius 1 is 0.833 bits per heavy atom. The largest absolute Gasteiger partial charge is 0.272 e. The smallest absolute Gasteiger partial charge is 0.267 e. The Labute approximate surface area is 138 Å². The second kappa shape index (κ2) is 8.28. The zero-order valence-electron chi connectivity index (χ0n) is 13.2. The van der Waals surface area contributed by atoms with Crippen molar-refractivity contribution in [3.05, 3.63) is 60.2 Å². The van der Waals surface area contributed by atoms with Gasteiger partial charge in [0.1, 0.15) is 0 Å². The minimum absolute atomic E-state index is 0.380. The van der Waals surface area contributed by atoms with Gasteiger partial charge in [-0.1, -0.05) is 0 Å². The van der Waals surface area contributed by atoms with Crippen LogP contribution in [0.1, 0.15) is 34.6 Å². The van der Waals surface area contributed by atoms with Gasteiger partial charge in [0, 0.05) is 24.8 Å². The van der Waals surface area contributed by atoms with Crippen LogP contribution in [0.15, 0.2) is 59.3 Å². The molecule has 2 amide bonds. The van der Waals surface area contributed by atoms with Crippen molar-refractivity contribution in [1.82, 2.24) is 20.8 Å². The molecule has 2 aromatic rings. The average molecular weight is 324 g/mol. The van der Waals surface area contributed by atoms with E-state index in [0.29, 0.717) is 22.6 Å². The summed E-state index contributed by atoms with van der Waals surface area (Å²) in [6.45, 7) is 3.33. The van der Waals surface area contributed by atoms with Crippen LogP contribution in [-0.2, 0) is 0 Å². The standard InChI is InChI=1S/C16H16N6O2/c1-11(19-21-15(23)13-5-3-7-17-9-13)12(2)20-22-16(24)14-6-4-8-18-10-14/h3-10H,1-2H3,(H,21,23)(H,22,24)/b19-11-,20-12-. The molecule has 0 aromatic carbocycles. The highest BCUT2D eigenvalue weighted by molar-refractivity contribution is 6.40. The maximum atomic E-state index is 11.8. The average Bonchev–Trinajstić information content (AvgIpc) is 2.64. The van der Waals surface area contributed by atoms with Gasteiger partial charge in [-0.05, 0) is 38.1 Å². The molecule has 0 spiro atoms. The number of pyridine rings is 2. The highest BCUT2D eigenvalue weighted by Gasteiger charge is 2.06. The monoisotopic (exact) mass is 324 g/mol. The molecule has 8 heteroatoms. The molecule has 2 heterocycles. The van der Waals surface area contributed by atoms with E-state index in [9.17, 15) is 9.59 Å². The van der Waals surface area contributed by atoms with Crippen LogP contribution in [-0.4, -0.2) is 33.2 Å². The van der Waals surface area contributed by atoms with Crippen LogP contribution in [0.5, 0.6) is 0 Å². The third-order valence-corrected chi connectivity index (χ3v) is 3.02. The summed E-state index contributed by atoms with van der Waals surface area (Å²) in [5, 5.41) is 7.89. The van der Waals surface area contributed by atoms with E-state index >= 15 is 0 Å². The van der Waals surface area contributed by atoms with Gasteiger partial charge >= 0.3 is 0 Å². The SMILES string of the molecule is CC(=N/NC(=O)c1cccnc1)/C(C)=N\NC(=O)c1cccnc1. The Hall–Kier alpha value is -3.42. The van der Waals surface area contributed by atoms with Gasteiger partial charge in [0.15, 0.2) is 0 Å². The molecule has 0 aliphatic carbocycles. The van der Waals surface area contributed by atoms with Gasteiger partial charge in [-0.15, -0.1) is 0 Å². The normalized spacial score (nSPS) is 11.8. The van der Waals surface area contributed by atoms with E-state index in [-0.39, 0.29) is 11.8 Å². The minimum Gasteiger partial charge on any atom is -0.267 e. The number of rotatable bonds is 5. The summed E-state index contributed by atoms with van der Waals surface area (Å²) in [4.78, 5) is 31.4. The predicted molar refractivity (Wildman–Crippen MR) is 89.6 cm³/mol. The first-order valence-corrected chi connectivity index (χ1v) is 7.07. The Kier molecular flexibility index (Phi) is 5.84. The quantitative estimate of drug-likeness (QED) is 0.640. The summed E-state index contributed by atoms with van der Waals surface area (Å²) < 4.78 is 0. The maximum absolute atomic E-state index is 11.8. The zero-order valence-corrected chi connectivity index (χ0v) is 13.2. The molecule has 8 nitrogen and oxygen atoms in total. The molecule has 0 radical (unpaired) electrons. The molecule has 2 rings (SSSR count). The first-order valence-electron chi connectivity index (χ1n) is 7.07. The van der Waals surface area contributed by atoms with Crippen LogP contribution in [0, 0.1) is 0 Å². The number of hydrazone groups is 2. The fourth-order valence-electron chi connectivity index (χ4n) is 1.55. The van der Waals surface area contributed by atoms with Crippen LogP contribution < -0.4 is 10.9 Å². The number of aromatic nitrogens is 2. The molecule has 24 heavy (non-hydrogen) atoms. The Bertz CT molecular complexity index is 704. The summed E-state index contributed by atoms with van der Waals surface area (Å²) in [5.74, 6) is -0.760. The molecular weight excluding hydrogens is 308 g/mol. The number of amides is 2. The van der Waals surface area contributed by atoms with Gasteiger partial charge < -0.3 is 0 Å². The summed E-state index contributed by atoms with van der Waals surface area (Å²) in [5.41, 5.74) is 6.52. The van der Waals surface area contributed by atoms with E-state index in [1.165, 1.54) is 12.4 Å². The third-order valence-electron chi connectivity index (χ3n) is 3.02. The van der Waals surface area contributed by atoms with Crippen molar-refractivity contribution >= 4 is 23.2 Å². The Morgan fingerprint density at radius 2 is 1.25 bits per heavy atom. The van der Waals surface area contributed by atoms with Crippen molar-refractivity contribution in [1.29, 1.82) is 0 Å². The van der Waals surface area contributed by atoms with Crippen molar-refractivity contribution in [2.45, 2.75) is 13.8 Å². The molecule has 0 aliphatic rings. The Balaban J connectivity index is 1.94. The predicted octanol–water partition coefficient (Wildman–Crippen LogP) is 1.39. The van der Waals surface area contributed by atoms with Crippen LogP contribution in [0.3, 0.4) is 0 Å². The fourth-order valence-corrected chi connectivity index (χ4v) is 1.55. The molecule has 0 bridgehead atoms. The number of carbonyl (C=O) groups is 2. The third kappa shape index (κ3) is 4.80. The summed E-state index contributed by atoms with van der Waals surface area (Å²) in [6.07, 6.45) is 6.03. The van der Waals surface area contributed by atoms with Crippen LogP contribution >= 0.6 is 0 Å². The lowest BCUT2D eigenvalue weighted by Crippen LogP contribution is -2.24. The molecule has 0 aliphatic heterocycles. The lowest BCUT2D eigenvalue weighted by molar-refractivity contribution is 0.0946. The summed E-state index contributed by atoms with van der Waals surface area (Å²) in [7, 11) is 0. The highest BCUT2D eigenvalue weighted by Crippen LogP contribution is 1.96. The van der Waals surface area contributed by atoms with Crippen molar-refractivity contribution in [3.63, 3.8) is 0 Å². The number of nitrogens with one attached hydrogen (secondary N) is 2. The maximum Gasteiger partial charge on any atom is 0.272 e. The van der Waals surface area contributed by atoms with Gasteiger partial charge in [0.05, 0.1) is 22.6 Å². The van der Waals surface area contributed by atoms with Gasteiger partial charge in [-0.2, -0.15) is 10.2 Å². The molecule has 0 saturated heterocycles. The molecule has 0 unspecified atom stereocenters. The fraction of sp³-hybridized carbons (Fsp3) is 0.125. The molecule has 122 valence electrons. The summed E-state index contributed by atoms with van der Waals surface area (Å²) >= 11 is 0. The second-order valence-electron chi connectivity index (χ2n) is 4.76. The van der Waals surface area contributed by atoms with Crippen LogP contribution in [0.25, 0.3) is 0 Å². The number of hydrogen-bond acceptors (Lipinski definition) is 6. The van der Waals surface area contributed by atoms with Crippen molar-refractivity contribution in [2.75, 3.05) is 0 Å². The van der Waals surface area contributed by atoms with E-state index in [1.54, 1.807) is 50.5 Å². The second-order valence-corrected chi connectivity index (χ2v) is 4.76. The van der Waals surface area contributed by atoms with E-state index < -0.39 is 0 Å². The topological polar surface area (TPSA) is 109 Å². The molecular formula is C16H16N6O2. The minimum atomic E-state index is -0.380. The Morgan fingerprint density at radius 3 is 1.58 bits per heavy atom. The first kappa shape index (κ1) is 16.9. The lowest BCUT2D eigenvalue weighted by Gasteiger charge is -2.03. The van der Waals surface area contributed by atoms with Crippen molar-refractivity contribution in [2.24, 2.45) is 10.2 Å². The highest BCUT2D eigenvalue weighted by atomic mass is 16.2.